The molecule has 1 atom stereocenters. The Morgan fingerprint density at radius 1 is 1.11 bits per heavy atom. The molecule has 0 radical (unpaired) electrons. The molecule has 0 aromatic rings. The highest BCUT2D eigenvalue weighted by molar-refractivity contribution is 7.91. The van der Waals surface area contributed by atoms with E-state index < -0.39 is 9.84 Å². The van der Waals surface area contributed by atoms with E-state index >= 15 is 0 Å². The number of hydrogen-bond acceptors (Lipinski definition) is 4. The van der Waals surface area contributed by atoms with Crippen molar-refractivity contribution in [3.63, 3.8) is 0 Å². The van der Waals surface area contributed by atoms with Crippen LogP contribution in [0, 0.1) is 5.92 Å². The zero-order valence-corrected chi connectivity index (χ0v) is 12.5. The molecule has 1 heterocycles. The number of thiocarbonyl (C=S) groups is 1. The Kier molecular flexibility index (Phi) is 4.78. The van der Waals surface area contributed by atoms with Crippen LogP contribution in [0.1, 0.15) is 38.5 Å². The van der Waals surface area contributed by atoms with Gasteiger partial charge in [0.25, 0.3) is 0 Å². The second-order valence-electron chi connectivity index (χ2n) is 5.40. The first-order valence-corrected chi connectivity index (χ1v) is 9.01. The smallest absolute Gasteiger partial charge is 0.229 e. The molecular weight excluding hydrogens is 284 g/mol. The summed E-state index contributed by atoms with van der Waals surface area (Å²) in [5.74, 6) is 0.329. The predicted molar refractivity (Wildman–Crippen MR) is 77.5 cm³/mol. The number of sulfone groups is 1. The molecular formula is C12H20N2O3S2. The second kappa shape index (κ2) is 6.17. The van der Waals surface area contributed by atoms with Gasteiger partial charge in [-0.1, -0.05) is 19.3 Å². The fourth-order valence-electron chi connectivity index (χ4n) is 2.71. The van der Waals surface area contributed by atoms with E-state index in [0.717, 1.165) is 25.7 Å². The number of nitrogens with one attached hydrogen (secondary N) is 2. The maximum atomic E-state index is 12.0. The van der Waals surface area contributed by atoms with Gasteiger partial charge in [0, 0.05) is 12.0 Å². The van der Waals surface area contributed by atoms with Gasteiger partial charge >= 0.3 is 0 Å². The fraction of sp³-hybridized carbons (Fsp3) is 0.833. The Morgan fingerprint density at radius 2 is 1.79 bits per heavy atom. The van der Waals surface area contributed by atoms with Gasteiger partial charge in [-0.2, -0.15) is 0 Å². The fourth-order valence-corrected chi connectivity index (χ4v) is 4.65. The van der Waals surface area contributed by atoms with Crippen molar-refractivity contribution in [1.29, 1.82) is 0 Å². The predicted octanol–water partition coefficient (Wildman–Crippen LogP) is 0.744. The molecule has 2 fully saturated rings. The van der Waals surface area contributed by atoms with Crippen LogP contribution in [-0.2, 0) is 14.6 Å². The molecule has 1 saturated carbocycles. The molecule has 0 bridgehead atoms. The number of carbonyl (C=O) groups is 1. The maximum Gasteiger partial charge on any atom is 0.229 e. The van der Waals surface area contributed by atoms with E-state index in [1.54, 1.807) is 0 Å². The van der Waals surface area contributed by atoms with Gasteiger partial charge in [-0.3, -0.25) is 4.79 Å². The number of amides is 1. The molecule has 0 aromatic carbocycles. The van der Waals surface area contributed by atoms with Crippen LogP contribution >= 0.6 is 12.2 Å². The Hall–Kier alpha value is -0.690. The van der Waals surface area contributed by atoms with E-state index in [2.05, 4.69) is 10.6 Å². The summed E-state index contributed by atoms with van der Waals surface area (Å²) in [6.07, 6.45) is 5.80. The van der Waals surface area contributed by atoms with Gasteiger partial charge in [0.1, 0.15) is 0 Å². The minimum atomic E-state index is -2.92. The Balaban J connectivity index is 1.76. The summed E-state index contributed by atoms with van der Waals surface area (Å²) in [5.41, 5.74) is 0. The topological polar surface area (TPSA) is 75.3 Å². The van der Waals surface area contributed by atoms with Crippen LogP contribution in [0.2, 0.25) is 0 Å². The molecule has 0 aromatic heterocycles. The van der Waals surface area contributed by atoms with Gasteiger partial charge in [0.15, 0.2) is 14.9 Å². The highest BCUT2D eigenvalue weighted by atomic mass is 32.2. The summed E-state index contributed by atoms with van der Waals surface area (Å²) in [7, 11) is -2.92. The maximum absolute atomic E-state index is 12.0. The minimum absolute atomic E-state index is 0.0296. The van der Waals surface area contributed by atoms with Crippen LogP contribution in [0.5, 0.6) is 0 Å². The summed E-state index contributed by atoms with van der Waals surface area (Å²) < 4.78 is 22.6. The first-order chi connectivity index (χ1) is 8.96. The van der Waals surface area contributed by atoms with E-state index in [1.165, 1.54) is 6.42 Å². The summed E-state index contributed by atoms with van der Waals surface area (Å²) in [6.45, 7) is 0. The monoisotopic (exact) mass is 304 g/mol. The lowest BCUT2D eigenvalue weighted by Crippen LogP contribution is -2.46. The Morgan fingerprint density at radius 3 is 2.37 bits per heavy atom. The SMILES string of the molecule is O=C(NC(=S)N[C@H]1CCS(=O)(=O)C1)C1CCCCC1. The molecule has 2 N–H and O–H groups in total. The third-order valence-electron chi connectivity index (χ3n) is 3.78. The quantitative estimate of drug-likeness (QED) is 0.736. The van der Waals surface area contributed by atoms with Crippen LogP contribution < -0.4 is 10.6 Å². The molecule has 1 saturated heterocycles. The normalized spacial score (nSPS) is 26.8. The molecule has 1 aliphatic heterocycles. The van der Waals surface area contributed by atoms with E-state index in [4.69, 9.17) is 12.2 Å². The van der Waals surface area contributed by atoms with Gasteiger partial charge in [-0.05, 0) is 31.5 Å². The van der Waals surface area contributed by atoms with Gasteiger partial charge < -0.3 is 10.6 Å². The first kappa shape index (κ1) is 14.7. The minimum Gasteiger partial charge on any atom is -0.359 e. The average Bonchev–Trinajstić information content (AvgIpc) is 2.69. The zero-order valence-electron chi connectivity index (χ0n) is 10.9. The van der Waals surface area contributed by atoms with E-state index in [1.807, 2.05) is 0 Å². The third-order valence-corrected chi connectivity index (χ3v) is 5.77. The van der Waals surface area contributed by atoms with Gasteiger partial charge in [0.05, 0.1) is 11.5 Å². The van der Waals surface area contributed by atoms with Crippen molar-refractivity contribution < 1.29 is 13.2 Å². The van der Waals surface area contributed by atoms with Gasteiger partial charge in [-0.25, -0.2) is 8.42 Å². The molecule has 1 aliphatic carbocycles. The van der Waals surface area contributed by atoms with Crippen molar-refractivity contribution in [2.24, 2.45) is 5.92 Å². The van der Waals surface area contributed by atoms with Crippen LogP contribution in [0.3, 0.4) is 0 Å². The van der Waals surface area contributed by atoms with Crippen molar-refractivity contribution in [2.75, 3.05) is 11.5 Å². The van der Waals surface area contributed by atoms with Crippen LogP contribution in [-0.4, -0.2) is 37.0 Å². The zero-order chi connectivity index (χ0) is 13.9. The van der Waals surface area contributed by atoms with Crippen molar-refractivity contribution in [3.8, 4) is 0 Å². The van der Waals surface area contributed by atoms with Crippen LogP contribution in [0.4, 0.5) is 0 Å². The highest BCUT2D eigenvalue weighted by Crippen LogP contribution is 2.23. The van der Waals surface area contributed by atoms with Crippen LogP contribution in [0.15, 0.2) is 0 Å². The Bertz CT molecular complexity index is 456. The standard InChI is InChI=1S/C12H20N2O3S2/c15-11(9-4-2-1-3-5-9)14-12(18)13-10-6-7-19(16,17)8-10/h9-10H,1-8H2,(H2,13,14,15,18)/t10-/m0/s1. The first-order valence-electron chi connectivity index (χ1n) is 6.78. The average molecular weight is 304 g/mol. The lowest BCUT2D eigenvalue weighted by atomic mass is 9.89. The van der Waals surface area contributed by atoms with E-state index in [9.17, 15) is 13.2 Å². The largest absolute Gasteiger partial charge is 0.359 e. The number of hydrogen-bond donors (Lipinski definition) is 2. The summed E-state index contributed by atoms with van der Waals surface area (Å²) in [5, 5.41) is 5.88. The number of carbonyl (C=O) groups excluding carboxylic acids is 1. The van der Waals surface area contributed by atoms with Crippen molar-refractivity contribution >= 4 is 33.1 Å². The summed E-state index contributed by atoms with van der Waals surface area (Å²) in [6, 6.07) is -0.163. The lowest BCUT2D eigenvalue weighted by Gasteiger charge is -2.22. The molecule has 2 aliphatic rings. The summed E-state index contributed by atoms with van der Waals surface area (Å²) in [4.78, 5) is 12.0. The molecule has 5 nitrogen and oxygen atoms in total. The van der Waals surface area contributed by atoms with Crippen LogP contribution in [0.25, 0.3) is 0 Å². The molecule has 108 valence electrons. The molecule has 0 spiro atoms. The molecule has 2 rings (SSSR count). The third kappa shape index (κ3) is 4.42. The van der Waals surface area contributed by atoms with E-state index in [-0.39, 0.29) is 34.5 Å². The lowest BCUT2D eigenvalue weighted by molar-refractivity contribution is -0.124. The number of rotatable bonds is 2. The van der Waals surface area contributed by atoms with Gasteiger partial charge in [0.2, 0.25) is 5.91 Å². The summed E-state index contributed by atoms with van der Waals surface area (Å²) >= 11 is 5.07. The van der Waals surface area contributed by atoms with Crippen molar-refractivity contribution in [2.45, 2.75) is 44.6 Å². The van der Waals surface area contributed by atoms with E-state index in [0.29, 0.717) is 6.42 Å². The highest BCUT2D eigenvalue weighted by Gasteiger charge is 2.29. The molecule has 19 heavy (non-hydrogen) atoms. The second-order valence-corrected chi connectivity index (χ2v) is 8.03. The Labute approximate surface area is 119 Å². The van der Waals surface area contributed by atoms with Crippen molar-refractivity contribution in [1.82, 2.24) is 10.6 Å². The van der Waals surface area contributed by atoms with Crippen molar-refractivity contribution in [3.05, 3.63) is 0 Å². The molecule has 7 heteroatoms. The molecule has 0 unspecified atom stereocenters. The molecule has 1 amide bonds. The van der Waals surface area contributed by atoms with Gasteiger partial charge in [-0.15, -0.1) is 0 Å².